The maximum Gasteiger partial charge on any atom is 0.322 e. The quantitative estimate of drug-likeness (QED) is 0.774. The molecule has 0 radical (unpaired) electrons. The highest BCUT2D eigenvalue weighted by Gasteiger charge is 2.48. The van der Waals surface area contributed by atoms with Crippen molar-refractivity contribution < 1.29 is 4.79 Å². The summed E-state index contributed by atoms with van der Waals surface area (Å²) in [5, 5.41) is 6.71. The van der Waals surface area contributed by atoms with Crippen LogP contribution in [0.15, 0.2) is 23.9 Å². The van der Waals surface area contributed by atoms with Crippen LogP contribution in [0.4, 0.5) is 4.79 Å². The van der Waals surface area contributed by atoms with Gasteiger partial charge in [-0.15, -0.1) is 0 Å². The van der Waals surface area contributed by atoms with E-state index in [-0.39, 0.29) is 11.6 Å². The third kappa shape index (κ3) is 2.19. The van der Waals surface area contributed by atoms with Gasteiger partial charge in [-0.1, -0.05) is 30.7 Å². The third-order valence-corrected chi connectivity index (χ3v) is 5.64. The summed E-state index contributed by atoms with van der Waals surface area (Å²) < 4.78 is 0. The second-order valence-corrected chi connectivity index (χ2v) is 7.34. The van der Waals surface area contributed by atoms with Crippen LogP contribution in [-0.4, -0.2) is 29.6 Å². The van der Waals surface area contributed by atoms with Crippen molar-refractivity contribution in [3.05, 3.63) is 46.2 Å². The Balaban J connectivity index is 1.83. The normalized spacial score (nSPS) is 25.5. The number of hydrogen-bond acceptors (Lipinski definition) is 2. The van der Waals surface area contributed by atoms with Crippen LogP contribution in [-0.2, 0) is 6.54 Å². The molecule has 2 saturated heterocycles. The van der Waals surface area contributed by atoms with Gasteiger partial charge in [0.1, 0.15) is 0 Å². The largest absolute Gasteiger partial charge is 0.327 e. The fourth-order valence-corrected chi connectivity index (χ4v) is 4.68. The second kappa shape index (κ2) is 5.10. The van der Waals surface area contributed by atoms with Crippen LogP contribution >= 0.6 is 0 Å². The maximum absolute atomic E-state index is 12.7. The number of allylic oxidation sites excluding steroid dienone is 1. The molecular weight excluding hydrogens is 286 g/mol. The number of piperidine rings is 1. The van der Waals surface area contributed by atoms with E-state index in [1.807, 2.05) is 4.90 Å². The molecule has 3 aliphatic rings. The van der Waals surface area contributed by atoms with Crippen LogP contribution in [0.1, 0.15) is 47.9 Å². The summed E-state index contributed by atoms with van der Waals surface area (Å²) in [7, 11) is 0. The van der Waals surface area contributed by atoms with Gasteiger partial charge in [-0.2, -0.15) is 0 Å². The maximum atomic E-state index is 12.7. The van der Waals surface area contributed by atoms with Crippen LogP contribution < -0.4 is 10.6 Å². The number of rotatable bonds is 0. The van der Waals surface area contributed by atoms with E-state index in [4.69, 9.17) is 0 Å². The van der Waals surface area contributed by atoms with Gasteiger partial charge >= 0.3 is 6.03 Å². The van der Waals surface area contributed by atoms with Crippen molar-refractivity contribution in [3.8, 4) is 0 Å². The van der Waals surface area contributed by atoms with Gasteiger partial charge in [-0.05, 0) is 56.5 Å². The predicted octanol–water partition coefficient (Wildman–Crippen LogP) is 2.95. The van der Waals surface area contributed by atoms with Crippen LogP contribution in [0.2, 0.25) is 0 Å². The Labute approximate surface area is 137 Å². The van der Waals surface area contributed by atoms with E-state index < -0.39 is 0 Å². The monoisotopic (exact) mass is 311 g/mol. The molecule has 1 atom stereocenters. The van der Waals surface area contributed by atoms with E-state index in [0.29, 0.717) is 12.5 Å². The van der Waals surface area contributed by atoms with Crippen LogP contribution in [0, 0.1) is 13.8 Å². The van der Waals surface area contributed by atoms with E-state index in [1.54, 1.807) is 0 Å². The van der Waals surface area contributed by atoms with E-state index in [1.165, 1.54) is 28.0 Å². The summed E-state index contributed by atoms with van der Waals surface area (Å²) in [6.45, 7) is 9.20. The lowest BCUT2D eigenvalue weighted by atomic mass is 9.83. The molecule has 3 heterocycles. The molecule has 2 amide bonds. The first-order valence-corrected chi connectivity index (χ1v) is 8.63. The molecular formula is C19H25N3O. The fraction of sp³-hybridized carbons (Fsp3) is 0.526. The first kappa shape index (κ1) is 14.8. The summed E-state index contributed by atoms with van der Waals surface area (Å²) in [5.41, 5.74) is 6.33. The number of fused-ring (bicyclic) bond motifs is 3. The molecule has 0 aliphatic carbocycles. The molecule has 3 aliphatic heterocycles. The van der Waals surface area contributed by atoms with Crippen molar-refractivity contribution >= 4 is 6.03 Å². The molecule has 1 aromatic rings. The minimum absolute atomic E-state index is 0.0670. The van der Waals surface area contributed by atoms with E-state index >= 15 is 0 Å². The molecule has 4 rings (SSSR count). The fourth-order valence-electron chi connectivity index (χ4n) is 4.68. The number of urea groups is 1. The molecule has 4 nitrogen and oxygen atoms in total. The van der Waals surface area contributed by atoms with E-state index in [2.05, 4.69) is 49.6 Å². The molecule has 2 fully saturated rings. The summed E-state index contributed by atoms with van der Waals surface area (Å²) in [6.07, 6.45) is 4.28. The molecule has 4 heteroatoms. The van der Waals surface area contributed by atoms with Crippen molar-refractivity contribution in [1.82, 2.24) is 15.5 Å². The lowest BCUT2D eigenvalue weighted by Gasteiger charge is -2.35. The zero-order valence-electron chi connectivity index (χ0n) is 14.2. The molecule has 1 spiro atoms. The Kier molecular flexibility index (Phi) is 3.27. The van der Waals surface area contributed by atoms with Gasteiger partial charge in [0.2, 0.25) is 0 Å². The predicted molar refractivity (Wildman–Crippen MR) is 91.3 cm³/mol. The Bertz CT molecular complexity index is 701. The molecule has 0 bridgehead atoms. The molecule has 0 unspecified atom stereocenters. The SMILES string of the molecule is Cc1cc(C)c2c(c1)CN1C(=O)NC3(CCNCC3)C1=C[C@@H]2C. The number of hydrogen-bond donors (Lipinski definition) is 2. The number of carbonyl (C=O) groups excluding carboxylic acids is 1. The zero-order chi connectivity index (χ0) is 16.2. The van der Waals surface area contributed by atoms with Crippen LogP contribution in [0.25, 0.3) is 0 Å². The lowest BCUT2D eigenvalue weighted by molar-refractivity contribution is 0.220. The minimum atomic E-state index is -0.165. The van der Waals surface area contributed by atoms with Gasteiger partial charge < -0.3 is 10.6 Å². The smallest absolute Gasteiger partial charge is 0.322 e. The van der Waals surface area contributed by atoms with Crippen molar-refractivity contribution in [2.75, 3.05) is 13.1 Å². The van der Waals surface area contributed by atoms with Gasteiger partial charge in [0, 0.05) is 11.6 Å². The highest BCUT2D eigenvalue weighted by atomic mass is 16.2. The Hall–Kier alpha value is -1.81. The Morgan fingerprint density at radius 2 is 1.96 bits per heavy atom. The average Bonchev–Trinajstić information content (AvgIpc) is 2.65. The summed E-state index contributed by atoms with van der Waals surface area (Å²) in [6, 6.07) is 4.57. The van der Waals surface area contributed by atoms with Crippen LogP contribution in [0.5, 0.6) is 0 Å². The lowest BCUT2D eigenvalue weighted by Crippen LogP contribution is -2.50. The van der Waals surface area contributed by atoms with Crippen molar-refractivity contribution in [2.24, 2.45) is 0 Å². The highest BCUT2D eigenvalue weighted by molar-refractivity contribution is 5.82. The highest BCUT2D eigenvalue weighted by Crippen LogP contribution is 2.41. The molecule has 2 N–H and O–H groups in total. The van der Waals surface area contributed by atoms with Crippen molar-refractivity contribution in [3.63, 3.8) is 0 Å². The third-order valence-electron chi connectivity index (χ3n) is 5.64. The van der Waals surface area contributed by atoms with Crippen molar-refractivity contribution in [2.45, 2.75) is 51.6 Å². The molecule has 0 aromatic heterocycles. The minimum Gasteiger partial charge on any atom is -0.327 e. The van der Waals surface area contributed by atoms with E-state index in [0.717, 1.165) is 25.9 Å². The van der Waals surface area contributed by atoms with Gasteiger partial charge in [0.15, 0.2) is 0 Å². The molecule has 122 valence electrons. The summed E-state index contributed by atoms with van der Waals surface area (Å²) in [5.74, 6) is 0.338. The molecule has 0 saturated carbocycles. The zero-order valence-corrected chi connectivity index (χ0v) is 14.2. The van der Waals surface area contributed by atoms with Crippen LogP contribution in [0.3, 0.4) is 0 Å². The van der Waals surface area contributed by atoms with E-state index in [9.17, 15) is 4.79 Å². The number of nitrogens with one attached hydrogen (secondary N) is 2. The van der Waals surface area contributed by atoms with Gasteiger partial charge in [0.25, 0.3) is 0 Å². The molecule has 23 heavy (non-hydrogen) atoms. The molecule has 1 aromatic carbocycles. The first-order chi connectivity index (χ1) is 11.0. The van der Waals surface area contributed by atoms with Gasteiger partial charge in [0.05, 0.1) is 12.1 Å². The Morgan fingerprint density at radius 1 is 1.22 bits per heavy atom. The second-order valence-electron chi connectivity index (χ2n) is 7.34. The Morgan fingerprint density at radius 3 is 2.70 bits per heavy atom. The standard InChI is InChI=1S/C19H25N3O/c1-12-8-13(2)17-14(3)10-16-19(4-6-20-7-5-19)21-18(23)22(16)11-15(17)9-12/h8-10,14,20H,4-7,11H2,1-3H3,(H,21,23)/t14-/m0/s1. The summed E-state index contributed by atoms with van der Waals surface area (Å²) >= 11 is 0. The first-order valence-electron chi connectivity index (χ1n) is 8.63. The number of benzene rings is 1. The topological polar surface area (TPSA) is 44.4 Å². The number of amides is 2. The van der Waals surface area contributed by atoms with Crippen molar-refractivity contribution in [1.29, 1.82) is 0 Å². The summed E-state index contributed by atoms with van der Waals surface area (Å²) in [4.78, 5) is 14.7. The van der Waals surface area contributed by atoms with Gasteiger partial charge in [-0.3, -0.25) is 4.90 Å². The number of carbonyl (C=O) groups is 1. The average molecular weight is 311 g/mol. The number of aryl methyl sites for hydroxylation is 2. The van der Waals surface area contributed by atoms with Gasteiger partial charge in [-0.25, -0.2) is 4.79 Å². The number of nitrogens with zero attached hydrogens (tertiary/aromatic N) is 1.